The first-order valence-electron chi connectivity index (χ1n) is 5.70. The lowest BCUT2D eigenvalue weighted by atomic mass is 10.4. The zero-order valence-corrected chi connectivity index (χ0v) is 13.0. The summed E-state index contributed by atoms with van der Waals surface area (Å²) in [6, 6.07) is 3.11. The van der Waals surface area contributed by atoms with Gasteiger partial charge in [0.05, 0.1) is 18.8 Å². The third-order valence-electron chi connectivity index (χ3n) is 2.43. The Hall–Kier alpha value is -1.29. The van der Waals surface area contributed by atoms with Crippen LogP contribution in [0.4, 0.5) is 0 Å². The fourth-order valence-corrected chi connectivity index (χ4v) is 3.51. The third-order valence-corrected chi connectivity index (χ3v) is 4.69. The highest BCUT2D eigenvalue weighted by molar-refractivity contribution is 9.10. The van der Waals surface area contributed by atoms with E-state index in [4.69, 9.17) is 4.42 Å². The highest BCUT2D eigenvalue weighted by atomic mass is 79.9. The second-order valence-corrected chi connectivity index (χ2v) is 6.36. The number of hydrogen-bond donors (Lipinski definition) is 2. The molecule has 0 aliphatic carbocycles. The molecular formula is C11H13BrN4O3S. The molecule has 108 valence electrons. The van der Waals surface area contributed by atoms with Crippen LogP contribution in [0.3, 0.4) is 0 Å². The van der Waals surface area contributed by atoms with E-state index in [2.05, 4.69) is 35.9 Å². The number of furan rings is 1. The van der Waals surface area contributed by atoms with E-state index in [1.54, 1.807) is 19.3 Å². The van der Waals surface area contributed by atoms with Crippen molar-refractivity contribution in [1.29, 1.82) is 0 Å². The molecule has 2 N–H and O–H groups in total. The molecule has 9 heteroatoms. The van der Waals surface area contributed by atoms with Crippen molar-refractivity contribution in [3.05, 3.63) is 40.8 Å². The maximum Gasteiger partial charge on any atom is 0.245 e. The Bertz CT molecular complexity index is 672. The molecule has 0 fully saturated rings. The quantitative estimate of drug-likeness (QED) is 0.798. The maximum atomic E-state index is 12.2. The van der Waals surface area contributed by atoms with Gasteiger partial charge in [-0.3, -0.25) is 0 Å². The normalized spacial score (nSPS) is 11.7. The lowest BCUT2D eigenvalue weighted by molar-refractivity contribution is 0.470. The average Bonchev–Trinajstić information content (AvgIpc) is 2.80. The van der Waals surface area contributed by atoms with Gasteiger partial charge in [0.15, 0.2) is 4.67 Å². The van der Waals surface area contributed by atoms with Gasteiger partial charge in [-0.05, 0) is 29.0 Å². The van der Waals surface area contributed by atoms with Crippen LogP contribution in [0.25, 0.3) is 0 Å². The van der Waals surface area contributed by atoms with E-state index in [-0.39, 0.29) is 16.1 Å². The molecule has 2 aromatic rings. The Labute approximate surface area is 125 Å². The Morgan fingerprint density at radius 2 is 2.20 bits per heavy atom. The smallest absolute Gasteiger partial charge is 0.245 e. The van der Waals surface area contributed by atoms with E-state index >= 15 is 0 Å². The molecule has 2 heterocycles. The van der Waals surface area contributed by atoms with Crippen molar-refractivity contribution in [1.82, 2.24) is 20.0 Å². The lowest BCUT2D eigenvalue weighted by Gasteiger charge is -2.04. The predicted molar refractivity (Wildman–Crippen MR) is 75.2 cm³/mol. The van der Waals surface area contributed by atoms with E-state index in [9.17, 15) is 8.42 Å². The Morgan fingerprint density at radius 3 is 2.85 bits per heavy atom. The summed E-state index contributed by atoms with van der Waals surface area (Å²) < 4.78 is 32.3. The van der Waals surface area contributed by atoms with Crippen LogP contribution in [0.5, 0.6) is 0 Å². The number of aromatic nitrogens is 2. The Kier molecular flexibility index (Phi) is 4.86. The molecule has 0 aliphatic rings. The summed E-state index contributed by atoms with van der Waals surface area (Å²) in [6.45, 7) is 0.532. The molecule has 0 atom stereocenters. The second kappa shape index (κ2) is 6.44. The van der Waals surface area contributed by atoms with Crippen LogP contribution in [0.1, 0.15) is 11.5 Å². The van der Waals surface area contributed by atoms with E-state index in [1.165, 1.54) is 12.4 Å². The van der Waals surface area contributed by atoms with Crippen molar-refractivity contribution in [3.63, 3.8) is 0 Å². The molecule has 2 aromatic heterocycles. The monoisotopic (exact) mass is 360 g/mol. The Morgan fingerprint density at radius 1 is 1.40 bits per heavy atom. The summed E-state index contributed by atoms with van der Waals surface area (Å²) >= 11 is 3.11. The SMILES string of the molecule is CNCc1cc(S(=O)(=O)NCc2ccncn2)c(Br)o1. The van der Waals surface area contributed by atoms with Gasteiger partial charge >= 0.3 is 0 Å². The van der Waals surface area contributed by atoms with Gasteiger partial charge in [-0.25, -0.2) is 23.1 Å². The van der Waals surface area contributed by atoms with E-state index in [0.717, 1.165) is 0 Å². The van der Waals surface area contributed by atoms with Crippen molar-refractivity contribution in [2.24, 2.45) is 0 Å². The first kappa shape index (κ1) is 15.1. The molecule has 0 bridgehead atoms. The van der Waals surface area contributed by atoms with Gasteiger partial charge in [0.25, 0.3) is 0 Å². The minimum atomic E-state index is -3.67. The van der Waals surface area contributed by atoms with Crippen molar-refractivity contribution in [3.8, 4) is 0 Å². The van der Waals surface area contributed by atoms with Gasteiger partial charge in [-0.15, -0.1) is 0 Å². The van der Waals surface area contributed by atoms with Gasteiger partial charge in [-0.1, -0.05) is 0 Å². The molecule has 0 radical (unpaired) electrons. The Balaban J connectivity index is 2.14. The van der Waals surface area contributed by atoms with Crippen molar-refractivity contribution in [2.45, 2.75) is 18.0 Å². The molecule has 0 amide bonds. The summed E-state index contributed by atoms with van der Waals surface area (Å²) in [4.78, 5) is 7.78. The summed E-state index contributed by atoms with van der Waals surface area (Å²) in [6.07, 6.45) is 2.91. The fourth-order valence-electron chi connectivity index (χ4n) is 1.51. The molecule has 0 unspecified atom stereocenters. The molecule has 0 aromatic carbocycles. The molecule has 0 spiro atoms. The summed E-state index contributed by atoms with van der Waals surface area (Å²) in [5.74, 6) is 0.529. The largest absolute Gasteiger partial charge is 0.452 e. The van der Waals surface area contributed by atoms with Gasteiger partial charge in [0.2, 0.25) is 10.0 Å². The minimum Gasteiger partial charge on any atom is -0.452 e. The highest BCUT2D eigenvalue weighted by Crippen LogP contribution is 2.26. The number of sulfonamides is 1. The van der Waals surface area contributed by atoms with E-state index in [0.29, 0.717) is 18.0 Å². The summed E-state index contributed by atoms with van der Waals surface area (Å²) in [5, 5.41) is 2.89. The number of nitrogens with one attached hydrogen (secondary N) is 2. The number of rotatable bonds is 6. The molecule has 0 aliphatic heterocycles. The van der Waals surface area contributed by atoms with Crippen molar-refractivity contribution < 1.29 is 12.8 Å². The van der Waals surface area contributed by atoms with Crippen LogP contribution in [0.15, 0.2) is 38.6 Å². The van der Waals surface area contributed by atoms with E-state index in [1.807, 2.05) is 0 Å². The molecular weight excluding hydrogens is 348 g/mol. The van der Waals surface area contributed by atoms with Crippen LogP contribution in [-0.4, -0.2) is 25.4 Å². The predicted octanol–water partition coefficient (Wildman–Crippen LogP) is 1.03. The second-order valence-electron chi connectivity index (χ2n) is 3.91. The zero-order valence-electron chi connectivity index (χ0n) is 10.6. The van der Waals surface area contributed by atoms with Gasteiger partial charge in [-0.2, -0.15) is 0 Å². The van der Waals surface area contributed by atoms with E-state index < -0.39 is 10.0 Å². The summed E-state index contributed by atoms with van der Waals surface area (Å²) in [7, 11) is -1.92. The molecule has 0 saturated carbocycles. The minimum absolute atomic E-state index is 0.0665. The van der Waals surface area contributed by atoms with Crippen LogP contribution < -0.4 is 10.0 Å². The summed E-state index contributed by atoms with van der Waals surface area (Å²) in [5.41, 5.74) is 0.582. The van der Waals surface area contributed by atoms with Crippen LogP contribution in [0, 0.1) is 0 Å². The highest BCUT2D eigenvalue weighted by Gasteiger charge is 2.22. The standard InChI is InChI=1S/C11H13BrN4O3S/c1-13-6-9-4-10(11(12)19-9)20(17,18)16-5-8-2-3-14-7-15-8/h2-4,7,13,16H,5-6H2,1H3. The number of halogens is 1. The van der Waals surface area contributed by atoms with Gasteiger partial charge in [0, 0.05) is 12.3 Å². The number of nitrogens with zero attached hydrogens (tertiary/aromatic N) is 2. The number of hydrogen-bond acceptors (Lipinski definition) is 6. The van der Waals surface area contributed by atoms with Crippen molar-refractivity contribution >= 4 is 26.0 Å². The maximum absolute atomic E-state index is 12.2. The molecule has 7 nitrogen and oxygen atoms in total. The first-order valence-corrected chi connectivity index (χ1v) is 7.98. The molecule has 20 heavy (non-hydrogen) atoms. The van der Waals surface area contributed by atoms with Gasteiger partial charge in [0.1, 0.15) is 17.0 Å². The molecule has 0 saturated heterocycles. The average molecular weight is 361 g/mol. The fraction of sp³-hybridized carbons (Fsp3) is 0.273. The zero-order chi connectivity index (χ0) is 14.6. The third kappa shape index (κ3) is 3.63. The van der Waals surface area contributed by atoms with Crippen molar-refractivity contribution in [2.75, 3.05) is 7.05 Å². The lowest BCUT2D eigenvalue weighted by Crippen LogP contribution is -2.23. The topological polar surface area (TPSA) is 97.1 Å². The van der Waals surface area contributed by atoms with Crippen LogP contribution in [0.2, 0.25) is 0 Å². The van der Waals surface area contributed by atoms with Crippen LogP contribution in [-0.2, 0) is 23.1 Å². The van der Waals surface area contributed by atoms with Crippen LogP contribution >= 0.6 is 15.9 Å². The first-order chi connectivity index (χ1) is 9.53. The van der Waals surface area contributed by atoms with Gasteiger partial charge < -0.3 is 9.73 Å². The molecule has 2 rings (SSSR count).